The van der Waals surface area contributed by atoms with Crippen LogP contribution in [0.25, 0.3) is 0 Å². The minimum Gasteiger partial charge on any atom is -0.439 e. The molecule has 1 aliphatic heterocycles. The SMILES string of the molecule is Cc1ccccc1CC(=O)Nc1ccc(C2CNC(=O)O2)cc1. The number of hydrogen-bond acceptors (Lipinski definition) is 3. The van der Waals surface area contributed by atoms with Gasteiger partial charge in [-0.3, -0.25) is 4.79 Å². The van der Waals surface area contributed by atoms with E-state index in [-0.39, 0.29) is 12.0 Å². The highest BCUT2D eigenvalue weighted by Gasteiger charge is 2.23. The van der Waals surface area contributed by atoms with E-state index in [1.807, 2.05) is 55.5 Å². The zero-order valence-corrected chi connectivity index (χ0v) is 12.8. The Morgan fingerprint density at radius 3 is 2.61 bits per heavy atom. The summed E-state index contributed by atoms with van der Waals surface area (Å²) in [6.07, 6.45) is -0.316. The van der Waals surface area contributed by atoms with Crippen LogP contribution in [0, 0.1) is 6.92 Å². The largest absolute Gasteiger partial charge is 0.439 e. The Morgan fingerprint density at radius 2 is 1.96 bits per heavy atom. The summed E-state index contributed by atoms with van der Waals surface area (Å²) in [5, 5.41) is 5.50. The Balaban J connectivity index is 1.61. The number of nitrogens with one attached hydrogen (secondary N) is 2. The molecule has 118 valence electrons. The van der Waals surface area contributed by atoms with E-state index in [0.717, 1.165) is 22.4 Å². The van der Waals surface area contributed by atoms with Crippen LogP contribution in [0.4, 0.5) is 10.5 Å². The fourth-order valence-electron chi connectivity index (χ4n) is 2.54. The van der Waals surface area contributed by atoms with Crippen LogP contribution in [0.5, 0.6) is 0 Å². The van der Waals surface area contributed by atoms with E-state index in [1.54, 1.807) is 0 Å². The third kappa shape index (κ3) is 3.69. The van der Waals surface area contributed by atoms with Crippen LogP contribution in [-0.4, -0.2) is 18.5 Å². The lowest BCUT2D eigenvalue weighted by molar-refractivity contribution is -0.115. The van der Waals surface area contributed by atoms with Crippen LogP contribution < -0.4 is 10.6 Å². The molecule has 2 aromatic rings. The Morgan fingerprint density at radius 1 is 1.22 bits per heavy atom. The van der Waals surface area contributed by atoms with E-state index in [4.69, 9.17) is 4.74 Å². The molecule has 2 amide bonds. The molecule has 1 atom stereocenters. The van der Waals surface area contributed by atoms with E-state index in [2.05, 4.69) is 10.6 Å². The topological polar surface area (TPSA) is 67.4 Å². The molecule has 5 heteroatoms. The number of ether oxygens (including phenoxy) is 1. The molecule has 2 aromatic carbocycles. The van der Waals surface area contributed by atoms with Crippen molar-refractivity contribution in [2.45, 2.75) is 19.4 Å². The summed E-state index contributed by atoms with van der Waals surface area (Å²) in [6.45, 7) is 2.46. The summed E-state index contributed by atoms with van der Waals surface area (Å²) < 4.78 is 5.12. The molecule has 1 heterocycles. The molecule has 2 N–H and O–H groups in total. The highest BCUT2D eigenvalue weighted by molar-refractivity contribution is 5.92. The first-order chi connectivity index (χ1) is 11.1. The number of hydrogen-bond donors (Lipinski definition) is 2. The molecule has 1 saturated heterocycles. The second-order valence-electron chi connectivity index (χ2n) is 5.55. The van der Waals surface area contributed by atoms with Gasteiger partial charge in [0.25, 0.3) is 0 Å². The van der Waals surface area contributed by atoms with Crippen LogP contribution in [-0.2, 0) is 16.0 Å². The Bertz CT molecular complexity index is 725. The van der Waals surface area contributed by atoms with Crippen molar-refractivity contribution in [1.82, 2.24) is 5.32 Å². The van der Waals surface area contributed by atoms with E-state index in [9.17, 15) is 9.59 Å². The predicted octanol–water partition coefficient (Wildman–Crippen LogP) is 2.96. The first kappa shape index (κ1) is 15.1. The van der Waals surface area contributed by atoms with Gasteiger partial charge in [-0.25, -0.2) is 4.79 Å². The highest BCUT2D eigenvalue weighted by atomic mass is 16.6. The van der Waals surface area contributed by atoms with Crippen molar-refractivity contribution in [3.05, 3.63) is 65.2 Å². The normalized spacial score (nSPS) is 16.6. The fourth-order valence-corrected chi connectivity index (χ4v) is 2.54. The van der Waals surface area contributed by atoms with Crippen molar-refractivity contribution >= 4 is 17.7 Å². The highest BCUT2D eigenvalue weighted by Crippen LogP contribution is 2.22. The molecule has 1 fully saturated rings. The van der Waals surface area contributed by atoms with Crippen molar-refractivity contribution in [2.75, 3.05) is 11.9 Å². The molecule has 5 nitrogen and oxygen atoms in total. The first-order valence-corrected chi connectivity index (χ1v) is 7.50. The maximum absolute atomic E-state index is 12.1. The van der Waals surface area contributed by atoms with Gasteiger partial charge >= 0.3 is 6.09 Å². The molecule has 0 aromatic heterocycles. The molecule has 0 spiro atoms. The lowest BCUT2D eigenvalue weighted by Crippen LogP contribution is -2.15. The minimum atomic E-state index is -0.398. The molecule has 3 rings (SSSR count). The number of carbonyl (C=O) groups excluding carboxylic acids is 2. The number of benzene rings is 2. The average molecular weight is 310 g/mol. The smallest absolute Gasteiger partial charge is 0.407 e. The Hall–Kier alpha value is -2.82. The summed E-state index contributed by atoms with van der Waals surface area (Å²) in [7, 11) is 0. The number of aryl methyl sites for hydroxylation is 1. The molecule has 23 heavy (non-hydrogen) atoms. The summed E-state index contributed by atoms with van der Waals surface area (Å²) in [6, 6.07) is 15.2. The van der Waals surface area contributed by atoms with Gasteiger partial charge in [0.05, 0.1) is 13.0 Å². The second-order valence-corrected chi connectivity index (χ2v) is 5.55. The number of alkyl carbamates (subject to hydrolysis) is 1. The van der Waals surface area contributed by atoms with Gasteiger partial charge in [0, 0.05) is 5.69 Å². The molecule has 0 radical (unpaired) electrons. The first-order valence-electron chi connectivity index (χ1n) is 7.50. The Kier molecular flexibility index (Phi) is 4.28. The maximum atomic E-state index is 12.1. The molecule has 0 aliphatic carbocycles. The van der Waals surface area contributed by atoms with Gasteiger partial charge in [0.15, 0.2) is 0 Å². The van der Waals surface area contributed by atoms with Crippen LogP contribution in [0.3, 0.4) is 0 Å². The van der Waals surface area contributed by atoms with Crippen molar-refractivity contribution in [2.24, 2.45) is 0 Å². The zero-order chi connectivity index (χ0) is 16.2. The van der Waals surface area contributed by atoms with Gasteiger partial charge in [-0.2, -0.15) is 0 Å². The minimum absolute atomic E-state index is 0.0546. The van der Waals surface area contributed by atoms with Crippen molar-refractivity contribution in [1.29, 1.82) is 0 Å². The van der Waals surface area contributed by atoms with Crippen LogP contribution in [0.1, 0.15) is 22.8 Å². The molecule has 0 saturated carbocycles. The molecule has 0 bridgehead atoms. The number of carbonyl (C=O) groups is 2. The lowest BCUT2D eigenvalue weighted by atomic mass is 10.1. The lowest BCUT2D eigenvalue weighted by Gasteiger charge is -2.10. The number of cyclic esters (lactones) is 1. The van der Waals surface area contributed by atoms with Gasteiger partial charge in [-0.15, -0.1) is 0 Å². The van der Waals surface area contributed by atoms with Gasteiger partial charge in [-0.1, -0.05) is 36.4 Å². The second kappa shape index (κ2) is 6.52. The van der Waals surface area contributed by atoms with Crippen molar-refractivity contribution in [3.63, 3.8) is 0 Å². The summed E-state index contributed by atoms with van der Waals surface area (Å²) in [5.74, 6) is -0.0546. The number of anilines is 1. The Labute approximate surface area is 134 Å². The number of amides is 2. The third-order valence-corrected chi connectivity index (χ3v) is 3.86. The van der Waals surface area contributed by atoms with Crippen LogP contribution in [0.2, 0.25) is 0 Å². The molecular weight excluding hydrogens is 292 g/mol. The third-order valence-electron chi connectivity index (χ3n) is 3.86. The summed E-state index contributed by atoms with van der Waals surface area (Å²) >= 11 is 0. The molecule has 1 unspecified atom stereocenters. The monoisotopic (exact) mass is 310 g/mol. The van der Waals surface area contributed by atoms with Crippen LogP contribution >= 0.6 is 0 Å². The quantitative estimate of drug-likeness (QED) is 0.912. The standard InChI is InChI=1S/C18H18N2O3/c1-12-4-2-3-5-14(12)10-17(21)20-15-8-6-13(7-9-15)16-11-19-18(22)23-16/h2-9,16H,10-11H2,1H3,(H,19,22)(H,20,21). The zero-order valence-electron chi connectivity index (χ0n) is 12.8. The van der Waals surface area contributed by atoms with E-state index in [1.165, 1.54) is 0 Å². The molecule has 1 aliphatic rings. The van der Waals surface area contributed by atoms with E-state index >= 15 is 0 Å². The summed E-state index contributed by atoms with van der Waals surface area (Å²) in [5.41, 5.74) is 3.75. The van der Waals surface area contributed by atoms with Gasteiger partial charge in [0.1, 0.15) is 6.10 Å². The van der Waals surface area contributed by atoms with Crippen LogP contribution in [0.15, 0.2) is 48.5 Å². The average Bonchev–Trinajstić information content (AvgIpc) is 2.97. The number of rotatable bonds is 4. The van der Waals surface area contributed by atoms with E-state index < -0.39 is 6.09 Å². The van der Waals surface area contributed by atoms with E-state index in [0.29, 0.717) is 13.0 Å². The maximum Gasteiger partial charge on any atom is 0.407 e. The summed E-state index contributed by atoms with van der Waals surface area (Å²) in [4.78, 5) is 23.2. The fraction of sp³-hybridized carbons (Fsp3) is 0.222. The van der Waals surface area contributed by atoms with Gasteiger partial charge < -0.3 is 15.4 Å². The van der Waals surface area contributed by atoms with Gasteiger partial charge in [0.2, 0.25) is 5.91 Å². The van der Waals surface area contributed by atoms with Gasteiger partial charge in [-0.05, 0) is 35.7 Å². The van der Waals surface area contributed by atoms with Crippen molar-refractivity contribution < 1.29 is 14.3 Å². The predicted molar refractivity (Wildman–Crippen MR) is 87.2 cm³/mol. The molecular formula is C18H18N2O3. The van der Waals surface area contributed by atoms with Crippen molar-refractivity contribution in [3.8, 4) is 0 Å².